The van der Waals surface area contributed by atoms with E-state index in [1.807, 2.05) is 0 Å². The topological polar surface area (TPSA) is 46.6 Å². The number of halogens is 2. The molecule has 0 bridgehead atoms. The highest BCUT2D eigenvalue weighted by Crippen LogP contribution is 2.36. The quantitative estimate of drug-likeness (QED) is 0.722. The van der Waals surface area contributed by atoms with E-state index in [-0.39, 0.29) is 28.5 Å². The molecule has 0 radical (unpaired) electrons. The Labute approximate surface area is 154 Å². The molecule has 1 saturated heterocycles. The van der Waals surface area contributed by atoms with Crippen LogP contribution in [0.5, 0.6) is 0 Å². The number of hydrogen-bond acceptors (Lipinski definition) is 4. The summed E-state index contributed by atoms with van der Waals surface area (Å²) in [6.07, 6.45) is 3.98. The maximum atomic E-state index is 13.3. The number of rotatable bonds is 4. The molecule has 134 valence electrons. The molecule has 1 aliphatic rings. The van der Waals surface area contributed by atoms with E-state index in [0.29, 0.717) is 16.6 Å². The number of nitrogens with zero attached hydrogens (tertiary/aromatic N) is 1. The first-order chi connectivity index (χ1) is 12.0. The molecule has 7 heteroatoms. The van der Waals surface area contributed by atoms with E-state index in [9.17, 15) is 14.0 Å². The molecular weight excluding hydrogens is 365 g/mol. The van der Waals surface area contributed by atoms with E-state index in [1.165, 1.54) is 18.2 Å². The lowest BCUT2D eigenvalue weighted by Gasteiger charge is -2.35. The maximum Gasteiger partial charge on any atom is 0.350 e. The van der Waals surface area contributed by atoms with Crippen molar-refractivity contribution in [3.8, 4) is 0 Å². The minimum absolute atomic E-state index is 0.178. The van der Waals surface area contributed by atoms with Crippen molar-refractivity contribution in [3.63, 3.8) is 0 Å². The summed E-state index contributed by atoms with van der Waals surface area (Å²) >= 11 is 7.27. The van der Waals surface area contributed by atoms with Crippen LogP contribution in [0.25, 0.3) is 10.1 Å². The molecule has 0 unspecified atom stereocenters. The Morgan fingerprint density at radius 1 is 1.40 bits per heavy atom. The number of esters is 1. The van der Waals surface area contributed by atoms with Gasteiger partial charge in [-0.05, 0) is 43.9 Å². The zero-order valence-corrected chi connectivity index (χ0v) is 15.5. The lowest BCUT2D eigenvalue weighted by Crippen LogP contribution is -2.45. The zero-order chi connectivity index (χ0) is 18.0. The first-order valence-corrected chi connectivity index (χ1v) is 9.54. The van der Waals surface area contributed by atoms with Gasteiger partial charge >= 0.3 is 5.97 Å². The first-order valence-electron chi connectivity index (χ1n) is 8.35. The Kier molecular flexibility index (Phi) is 5.59. The summed E-state index contributed by atoms with van der Waals surface area (Å²) in [6, 6.07) is 4.37. The Hall–Kier alpha value is -1.66. The molecule has 0 saturated carbocycles. The molecule has 1 atom stereocenters. The van der Waals surface area contributed by atoms with Crippen molar-refractivity contribution < 1.29 is 18.7 Å². The molecule has 0 aliphatic carbocycles. The van der Waals surface area contributed by atoms with Gasteiger partial charge in [-0.1, -0.05) is 18.5 Å². The van der Waals surface area contributed by atoms with Crippen LogP contribution in [0, 0.1) is 5.82 Å². The normalized spacial score (nSPS) is 17.7. The van der Waals surface area contributed by atoms with Gasteiger partial charge < -0.3 is 9.64 Å². The number of hydrogen-bond donors (Lipinski definition) is 0. The van der Waals surface area contributed by atoms with Crippen LogP contribution in [0.3, 0.4) is 0 Å². The van der Waals surface area contributed by atoms with Crippen LogP contribution in [0.2, 0.25) is 5.02 Å². The molecule has 25 heavy (non-hydrogen) atoms. The van der Waals surface area contributed by atoms with Crippen molar-refractivity contribution in [2.24, 2.45) is 0 Å². The molecule has 1 fully saturated rings. The molecule has 1 amide bonds. The summed E-state index contributed by atoms with van der Waals surface area (Å²) in [6.45, 7) is 2.46. The second kappa shape index (κ2) is 7.70. The zero-order valence-electron chi connectivity index (χ0n) is 13.9. The third-order valence-electron chi connectivity index (χ3n) is 4.52. The molecule has 1 aliphatic heterocycles. The van der Waals surface area contributed by atoms with Crippen molar-refractivity contribution >= 4 is 44.9 Å². The van der Waals surface area contributed by atoms with Crippen molar-refractivity contribution in [2.75, 3.05) is 13.2 Å². The predicted molar refractivity (Wildman–Crippen MR) is 96.7 cm³/mol. The van der Waals surface area contributed by atoms with Crippen LogP contribution in [0.1, 0.15) is 42.3 Å². The first kappa shape index (κ1) is 18.1. The van der Waals surface area contributed by atoms with Gasteiger partial charge in [0.25, 0.3) is 5.91 Å². The summed E-state index contributed by atoms with van der Waals surface area (Å²) in [5.41, 5.74) is 0. The number of benzene rings is 1. The third kappa shape index (κ3) is 3.80. The standard InChI is InChI=1S/C18H19ClFNO3S/c1-2-12-5-3-4-8-21(12)15(22)10-24-18(23)17-16(19)13-7-6-11(20)9-14(13)25-17/h6-7,9,12H,2-5,8,10H2,1H3/t12-/m0/s1. The fraction of sp³-hybridized carbons (Fsp3) is 0.444. The van der Waals surface area contributed by atoms with Crippen LogP contribution in [0.4, 0.5) is 4.39 Å². The molecule has 0 spiro atoms. The van der Waals surface area contributed by atoms with Crippen molar-refractivity contribution in [3.05, 3.63) is 33.9 Å². The van der Waals surface area contributed by atoms with Gasteiger partial charge in [-0.25, -0.2) is 9.18 Å². The van der Waals surface area contributed by atoms with E-state index in [0.717, 1.165) is 37.0 Å². The summed E-state index contributed by atoms with van der Waals surface area (Å²) in [4.78, 5) is 26.7. The molecule has 2 heterocycles. The molecule has 3 rings (SSSR count). The number of fused-ring (bicyclic) bond motifs is 1. The third-order valence-corrected chi connectivity index (χ3v) is 6.16. The highest BCUT2D eigenvalue weighted by atomic mass is 35.5. The smallest absolute Gasteiger partial charge is 0.350 e. The fourth-order valence-electron chi connectivity index (χ4n) is 3.20. The molecule has 0 N–H and O–H groups in total. The summed E-state index contributed by atoms with van der Waals surface area (Å²) in [7, 11) is 0. The van der Waals surface area contributed by atoms with Gasteiger partial charge in [-0.2, -0.15) is 0 Å². The SMILES string of the molecule is CC[C@H]1CCCCN1C(=O)COC(=O)c1sc2cc(F)ccc2c1Cl. The van der Waals surface area contributed by atoms with Gasteiger partial charge in [0.2, 0.25) is 0 Å². The molecule has 4 nitrogen and oxygen atoms in total. The monoisotopic (exact) mass is 383 g/mol. The van der Waals surface area contributed by atoms with Crippen LogP contribution in [-0.4, -0.2) is 36.0 Å². The number of amides is 1. The lowest BCUT2D eigenvalue weighted by atomic mass is 10.00. The van der Waals surface area contributed by atoms with E-state index in [2.05, 4.69) is 6.92 Å². The molecular formula is C18H19ClFNO3S. The number of likely N-dealkylation sites (tertiary alicyclic amines) is 1. The average Bonchev–Trinajstić information content (AvgIpc) is 2.95. The number of ether oxygens (including phenoxy) is 1. The minimum Gasteiger partial charge on any atom is -0.451 e. The molecule has 1 aromatic carbocycles. The molecule has 1 aromatic heterocycles. The van der Waals surface area contributed by atoms with E-state index >= 15 is 0 Å². The second-order valence-electron chi connectivity index (χ2n) is 6.11. The number of carbonyl (C=O) groups excluding carboxylic acids is 2. The van der Waals surface area contributed by atoms with Gasteiger partial charge in [0, 0.05) is 22.7 Å². The predicted octanol–water partition coefficient (Wildman–Crippen LogP) is 4.64. The van der Waals surface area contributed by atoms with Gasteiger partial charge in [0.1, 0.15) is 10.7 Å². The largest absolute Gasteiger partial charge is 0.451 e. The van der Waals surface area contributed by atoms with Gasteiger partial charge in [-0.3, -0.25) is 4.79 Å². The van der Waals surface area contributed by atoms with E-state index in [4.69, 9.17) is 16.3 Å². The summed E-state index contributed by atoms with van der Waals surface area (Å²) < 4.78 is 19.1. The number of thiophene rings is 1. The summed E-state index contributed by atoms with van der Waals surface area (Å²) in [5, 5.41) is 0.843. The van der Waals surface area contributed by atoms with Crippen molar-refractivity contribution in [1.82, 2.24) is 4.90 Å². The van der Waals surface area contributed by atoms with Crippen LogP contribution >= 0.6 is 22.9 Å². The fourth-order valence-corrected chi connectivity index (χ4v) is 4.63. The average molecular weight is 384 g/mol. The van der Waals surface area contributed by atoms with Crippen LogP contribution in [-0.2, 0) is 9.53 Å². The van der Waals surface area contributed by atoms with E-state index in [1.54, 1.807) is 4.90 Å². The Balaban J connectivity index is 1.68. The van der Waals surface area contributed by atoms with Crippen molar-refractivity contribution in [1.29, 1.82) is 0 Å². The van der Waals surface area contributed by atoms with Crippen LogP contribution in [0.15, 0.2) is 18.2 Å². The minimum atomic E-state index is -0.648. The van der Waals surface area contributed by atoms with Crippen molar-refractivity contribution in [2.45, 2.75) is 38.6 Å². The van der Waals surface area contributed by atoms with Gasteiger partial charge in [-0.15, -0.1) is 11.3 Å². The maximum absolute atomic E-state index is 13.3. The highest BCUT2D eigenvalue weighted by molar-refractivity contribution is 7.21. The van der Waals surface area contributed by atoms with E-state index < -0.39 is 11.8 Å². The summed E-state index contributed by atoms with van der Waals surface area (Å²) in [5.74, 6) is -1.22. The Bertz CT molecular complexity index is 807. The lowest BCUT2D eigenvalue weighted by molar-refractivity contribution is -0.138. The van der Waals surface area contributed by atoms with Gasteiger partial charge in [0.05, 0.1) is 5.02 Å². The van der Waals surface area contributed by atoms with Crippen LogP contribution < -0.4 is 0 Å². The van der Waals surface area contributed by atoms with Gasteiger partial charge in [0.15, 0.2) is 6.61 Å². The Morgan fingerprint density at radius 3 is 2.96 bits per heavy atom. The second-order valence-corrected chi connectivity index (χ2v) is 7.54. The number of carbonyl (C=O) groups is 2. The molecule has 2 aromatic rings. The Morgan fingerprint density at radius 2 is 2.20 bits per heavy atom. The highest BCUT2D eigenvalue weighted by Gasteiger charge is 2.27. The number of piperidine rings is 1.